The van der Waals surface area contributed by atoms with Crippen LogP contribution in [0.5, 0.6) is 0 Å². The third-order valence-corrected chi connectivity index (χ3v) is 4.25. The zero-order chi connectivity index (χ0) is 15.1. The van der Waals surface area contributed by atoms with E-state index in [2.05, 4.69) is 20.9 Å². The average molecular weight is 346 g/mol. The minimum Gasteiger partial charge on any atom is -0.354 e. The molecule has 3 aromatic rings. The lowest BCUT2D eigenvalue weighted by Gasteiger charge is -2.11. The second-order valence-electron chi connectivity index (χ2n) is 5.06. The molecule has 0 amide bonds. The second kappa shape index (κ2) is 5.11. The Bertz CT molecular complexity index is 900. The van der Waals surface area contributed by atoms with Gasteiger partial charge in [-0.2, -0.15) is 0 Å². The summed E-state index contributed by atoms with van der Waals surface area (Å²) in [5, 5.41) is 0.110. The number of aryl methyl sites for hydroxylation is 1. The highest BCUT2D eigenvalue weighted by Gasteiger charge is 2.16. The van der Waals surface area contributed by atoms with Crippen LogP contribution in [0.25, 0.3) is 22.2 Å². The Kier molecular flexibility index (Phi) is 3.41. The lowest BCUT2D eigenvalue weighted by Crippen LogP contribution is -2.12. The van der Waals surface area contributed by atoms with E-state index in [-0.39, 0.29) is 10.8 Å². The van der Waals surface area contributed by atoms with Crippen molar-refractivity contribution in [1.82, 2.24) is 4.98 Å². The predicted octanol–water partition coefficient (Wildman–Crippen LogP) is 4.71. The van der Waals surface area contributed by atoms with Crippen LogP contribution in [0, 0.1) is 19.7 Å². The fraction of sp³-hybridized carbons (Fsp3) is 0.118. The molecule has 0 bridgehead atoms. The topological polar surface area (TPSA) is 32.9 Å². The lowest BCUT2D eigenvalue weighted by atomic mass is 10.0. The van der Waals surface area contributed by atoms with Gasteiger partial charge in [0.2, 0.25) is 0 Å². The molecule has 0 fully saturated rings. The van der Waals surface area contributed by atoms with E-state index in [1.54, 1.807) is 13.0 Å². The Morgan fingerprint density at radius 3 is 2.48 bits per heavy atom. The van der Waals surface area contributed by atoms with E-state index in [1.807, 2.05) is 37.3 Å². The fourth-order valence-electron chi connectivity index (χ4n) is 2.54. The minimum absolute atomic E-state index is 0.110. The van der Waals surface area contributed by atoms with Crippen molar-refractivity contribution in [3.8, 4) is 11.3 Å². The number of benzene rings is 2. The molecule has 0 aliphatic heterocycles. The van der Waals surface area contributed by atoms with Crippen molar-refractivity contribution in [1.29, 1.82) is 0 Å². The van der Waals surface area contributed by atoms with Crippen molar-refractivity contribution in [2.45, 2.75) is 13.8 Å². The van der Waals surface area contributed by atoms with E-state index in [0.717, 1.165) is 16.8 Å². The Morgan fingerprint density at radius 1 is 1.14 bits per heavy atom. The largest absolute Gasteiger partial charge is 0.354 e. The molecule has 0 unspecified atom stereocenters. The monoisotopic (exact) mass is 345 g/mol. The van der Waals surface area contributed by atoms with Gasteiger partial charge in [-0.15, -0.1) is 0 Å². The summed E-state index contributed by atoms with van der Waals surface area (Å²) in [6.07, 6.45) is 0. The molecule has 106 valence electrons. The van der Waals surface area contributed by atoms with Crippen LogP contribution in [0.15, 0.2) is 45.7 Å². The molecule has 1 N–H and O–H groups in total. The summed E-state index contributed by atoms with van der Waals surface area (Å²) >= 11 is 3.16. The molecule has 0 aliphatic carbocycles. The minimum atomic E-state index is -0.514. The second-order valence-corrected chi connectivity index (χ2v) is 5.91. The Hall–Kier alpha value is -1.94. The summed E-state index contributed by atoms with van der Waals surface area (Å²) in [5.74, 6) is -0.514. The van der Waals surface area contributed by atoms with Crippen molar-refractivity contribution < 1.29 is 4.39 Å². The van der Waals surface area contributed by atoms with Gasteiger partial charge in [0.15, 0.2) is 11.2 Å². The van der Waals surface area contributed by atoms with E-state index in [1.165, 1.54) is 0 Å². The Balaban J connectivity index is 2.47. The molecule has 0 spiro atoms. The van der Waals surface area contributed by atoms with E-state index >= 15 is 0 Å². The van der Waals surface area contributed by atoms with Crippen LogP contribution in [-0.2, 0) is 0 Å². The Labute approximate surface area is 129 Å². The number of halogens is 2. The zero-order valence-electron chi connectivity index (χ0n) is 11.6. The van der Waals surface area contributed by atoms with Crippen molar-refractivity contribution >= 4 is 26.8 Å². The highest BCUT2D eigenvalue weighted by Crippen LogP contribution is 2.28. The van der Waals surface area contributed by atoms with Crippen molar-refractivity contribution in [3.63, 3.8) is 0 Å². The smallest absolute Gasteiger partial charge is 0.195 e. The SMILES string of the molecule is Cc1c(-c2ccccc2)[nH]c2c(C)cc(Br)c(F)c2c1=O. The first-order valence-electron chi connectivity index (χ1n) is 6.57. The highest BCUT2D eigenvalue weighted by molar-refractivity contribution is 9.10. The number of H-pyrrole nitrogens is 1. The molecule has 21 heavy (non-hydrogen) atoms. The van der Waals surface area contributed by atoms with Gasteiger partial charge in [-0.25, -0.2) is 4.39 Å². The van der Waals surface area contributed by atoms with Gasteiger partial charge >= 0.3 is 0 Å². The van der Waals surface area contributed by atoms with Crippen LogP contribution in [0.1, 0.15) is 11.1 Å². The zero-order valence-corrected chi connectivity index (χ0v) is 13.2. The van der Waals surface area contributed by atoms with Crippen LogP contribution in [0.3, 0.4) is 0 Å². The van der Waals surface area contributed by atoms with Crippen molar-refractivity contribution in [2.75, 3.05) is 0 Å². The summed E-state index contributed by atoms with van der Waals surface area (Å²) in [6.45, 7) is 3.57. The third kappa shape index (κ3) is 2.20. The quantitative estimate of drug-likeness (QED) is 0.680. The van der Waals surface area contributed by atoms with Gasteiger partial charge in [-0.05, 0) is 47.0 Å². The maximum absolute atomic E-state index is 14.3. The molecule has 0 saturated carbocycles. The summed E-state index contributed by atoms with van der Waals surface area (Å²) in [5.41, 5.74) is 3.27. The average Bonchev–Trinajstić information content (AvgIpc) is 2.48. The Morgan fingerprint density at radius 2 is 1.81 bits per heavy atom. The normalized spacial score (nSPS) is 11.0. The summed E-state index contributed by atoms with van der Waals surface area (Å²) in [6, 6.07) is 11.3. The summed E-state index contributed by atoms with van der Waals surface area (Å²) < 4.78 is 14.6. The van der Waals surface area contributed by atoms with Crippen LogP contribution in [0.2, 0.25) is 0 Å². The molecule has 0 saturated heterocycles. The maximum Gasteiger partial charge on any atom is 0.195 e. The first-order valence-corrected chi connectivity index (χ1v) is 7.36. The lowest BCUT2D eigenvalue weighted by molar-refractivity contribution is 0.632. The van der Waals surface area contributed by atoms with E-state index < -0.39 is 5.82 Å². The van der Waals surface area contributed by atoms with Crippen LogP contribution in [0.4, 0.5) is 4.39 Å². The van der Waals surface area contributed by atoms with Crippen LogP contribution >= 0.6 is 15.9 Å². The first-order chi connectivity index (χ1) is 10.0. The number of fused-ring (bicyclic) bond motifs is 1. The van der Waals surface area contributed by atoms with Gasteiger partial charge in [0, 0.05) is 5.56 Å². The molecule has 0 atom stereocenters. The number of hydrogen-bond acceptors (Lipinski definition) is 1. The third-order valence-electron chi connectivity index (χ3n) is 3.67. The van der Waals surface area contributed by atoms with Gasteiger partial charge in [0.05, 0.1) is 21.1 Å². The molecular weight excluding hydrogens is 333 g/mol. The summed E-state index contributed by atoms with van der Waals surface area (Å²) in [7, 11) is 0. The van der Waals surface area contributed by atoms with Crippen molar-refractivity contribution in [3.05, 3.63) is 68.0 Å². The molecule has 1 aromatic heterocycles. The number of aromatic nitrogens is 1. The van der Waals surface area contributed by atoms with Crippen molar-refractivity contribution in [2.24, 2.45) is 0 Å². The van der Waals surface area contributed by atoms with Crippen LogP contribution < -0.4 is 5.43 Å². The van der Waals surface area contributed by atoms with E-state index in [4.69, 9.17) is 0 Å². The molecule has 2 nitrogen and oxygen atoms in total. The van der Waals surface area contributed by atoms with Gasteiger partial charge in [0.1, 0.15) is 0 Å². The number of aromatic amines is 1. The molecule has 0 radical (unpaired) electrons. The summed E-state index contributed by atoms with van der Waals surface area (Å²) in [4.78, 5) is 15.8. The van der Waals surface area contributed by atoms with Gasteiger partial charge < -0.3 is 4.98 Å². The fourth-order valence-corrected chi connectivity index (χ4v) is 3.08. The first kappa shape index (κ1) is 14.0. The standard InChI is InChI=1S/C17H13BrFNO/c1-9-8-12(18)14(19)13-15(9)20-16(10(2)17(13)21)11-6-4-3-5-7-11/h3-8H,1-2H3,(H,20,21). The van der Waals surface area contributed by atoms with Gasteiger partial charge in [-0.1, -0.05) is 30.3 Å². The molecule has 2 aromatic carbocycles. The van der Waals surface area contributed by atoms with E-state index in [0.29, 0.717) is 15.6 Å². The molecular formula is C17H13BrFNO. The molecule has 3 rings (SSSR count). The van der Waals surface area contributed by atoms with E-state index in [9.17, 15) is 9.18 Å². The number of nitrogens with one attached hydrogen (secondary N) is 1. The van der Waals surface area contributed by atoms with Crippen LogP contribution in [-0.4, -0.2) is 4.98 Å². The maximum atomic E-state index is 14.3. The highest BCUT2D eigenvalue weighted by atomic mass is 79.9. The number of hydrogen-bond donors (Lipinski definition) is 1. The number of rotatable bonds is 1. The molecule has 0 aliphatic rings. The molecule has 1 heterocycles. The van der Waals surface area contributed by atoms with Gasteiger partial charge in [-0.3, -0.25) is 4.79 Å². The molecule has 4 heteroatoms. The van der Waals surface area contributed by atoms with Gasteiger partial charge in [0.25, 0.3) is 0 Å². The number of pyridine rings is 1. The predicted molar refractivity (Wildman–Crippen MR) is 87.1 cm³/mol.